The van der Waals surface area contributed by atoms with E-state index < -0.39 is 63.2 Å². The number of carbonyl (C=O) groups is 2. The normalized spacial score (nSPS) is 37.2. The summed E-state index contributed by atoms with van der Waals surface area (Å²) in [5, 5.41) is -0.678. The average Bonchev–Trinajstić information content (AvgIpc) is 3.11. The highest BCUT2D eigenvalue weighted by Crippen LogP contribution is 2.47. The van der Waals surface area contributed by atoms with Crippen LogP contribution in [-0.4, -0.2) is 56.1 Å². The van der Waals surface area contributed by atoms with Gasteiger partial charge in [-0.2, -0.15) is 8.42 Å². The van der Waals surface area contributed by atoms with Crippen molar-refractivity contribution in [1.29, 1.82) is 0 Å². The lowest BCUT2D eigenvalue weighted by Gasteiger charge is -2.25. The Balaban J connectivity index is 1.61. The molecule has 0 radical (unpaired) electrons. The smallest absolute Gasteiger partial charge is 0.347 e. The molecule has 6 unspecified atom stereocenters. The molecule has 0 N–H and O–H groups in total. The van der Waals surface area contributed by atoms with Gasteiger partial charge in [0.05, 0.1) is 11.5 Å². The van der Waals surface area contributed by atoms with Crippen LogP contribution in [-0.2, 0) is 38.1 Å². The molecule has 3 rings (SSSR count). The fourth-order valence-electron chi connectivity index (χ4n) is 3.11. The number of ether oxygens (including phenoxy) is 3. The third kappa shape index (κ3) is 2.72. The van der Waals surface area contributed by atoms with Crippen LogP contribution < -0.4 is 0 Å². The summed E-state index contributed by atoms with van der Waals surface area (Å²) in [4.78, 5) is 24.2. The van der Waals surface area contributed by atoms with Gasteiger partial charge in [-0.1, -0.05) is 6.92 Å². The first kappa shape index (κ1) is 17.6. The highest BCUT2D eigenvalue weighted by molar-refractivity contribution is 7.87. The minimum Gasteiger partial charge on any atom is -0.454 e. The van der Waals surface area contributed by atoms with Gasteiger partial charge in [-0.3, -0.25) is 8.98 Å². The predicted molar refractivity (Wildman–Crippen MR) is 80.4 cm³/mol. The Bertz CT molecular complexity index is 654. The van der Waals surface area contributed by atoms with E-state index in [9.17, 15) is 18.0 Å². The molecular formula is C15H22O8S. The van der Waals surface area contributed by atoms with Crippen molar-refractivity contribution < 1.29 is 36.4 Å². The van der Waals surface area contributed by atoms with E-state index in [1.807, 2.05) is 6.92 Å². The minimum absolute atomic E-state index is 0.248. The van der Waals surface area contributed by atoms with E-state index in [0.29, 0.717) is 6.42 Å². The maximum Gasteiger partial charge on any atom is 0.347 e. The molecule has 3 aliphatic rings. The summed E-state index contributed by atoms with van der Waals surface area (Å²) in [6.45, 7) is 6.74. The maximum absolute atomic E-state index is 12.2. The zero-order chi connectivity index (χ0) is 17.9. The topological polar surface area (TPSA) is 105 Å². The molecule has 6 atom stereocenters. The minimum atomic E-state index is -3.66. The van der Waals surface area contributed by atoms with Crippen LogP contribution in [0.15, 0.2) is 0 Å². The lowest BCUT2D eigenvalue weighted by Crippen LogP contribution is -2.44. The molecule has 3 saturated heterocycles. The molecule has 3 aliphatic heterocycles. The maximum atomic E-state index is 12.2. The van der Waals surface area contributed by atoms with E-state index in [1.54, 1.807) is 13.8 Å². The molecule has 0 saturated carbocycles. The fraction of sp³-hybridized carbons (Fsp3) is 0.867. The molecule has 24 heavy (non-hydrogen) atoms. The van der Waals surface area contributed by atoms with Gasteiger partial charge in [-0.25, -0.2) is 4.79 Å². The number of hydrogen-bond donors (Lipinski definition) is 0. The molecule has 9 heteroatoms. The second-order valence-corrected chi connectivity index (χ2v) is 8.94. The van der Waals surface area contributed by atoms with Gasteiger partial charge in [0.15, 0.2) is 12.2 Å². The Morgan fingerprint density at radius 3 is 2.58 bits per heavy atom. The Kier molecular flexibility index (Phi) is 4.17. The molecule has 8 nitrogen and oxygen atoms in total. The van der Waals surface area contributed by atoms with Crippen molar-refractivity contribution in [3.8, 4) is 0 Å². The van der Waals surface area contributed by atoms with Gasteiger partial charge in [0.2, 0.25) is 0 Å². The highest BCUT2D eigenvalue weighted by Gasteiger charge is 2.67. The molecular weight excluding hydrogens is 340 g/mol. The summed E-state index contributed by atoms with van der Waals surface area (Å²) < 4.78 is 44.7. The zero-order valence-corrected chi connectivity index (χ0v) is 14.9. The molecule has 0 aromatic rings. The van der Waals surface area contributed by atoms with Crippen LogP contribution in [0.2, 0.25) is 0 Å². The molecule has 136 valence electrons. The van der Waals surface area contributed by atoms with E-state index in [1.165, 1.54) is 6.92 Å². The lowest BCUT2D eigenvalue weighted by molar-refractivity contribution is -0.178. The number of rotatable bonds is 5. The first-order chi connectivity index (χ1) is 11.1. The predicted octanol–water partition coefficient (Wildman–Crippen LogP) is 0.534. The Hall–Kier alpha value is -1.19. The number of esters is 2. The quantitative estimate of drug-likeness (QED) is 0.515. The summed E-state index contributed by atoms with van der Waals surface area (Å²) in [7, 11) is -3.66. The zero-order valence-electron chi connectivity index (χ0n) is 14.1. The average molecular weight is 362 g/mol. The summed E-state index contributed by atoms with van der Waals surface area (Å²) in [6.07, 6.45) is -2.96. The summed E-state index contributed by atoms with van der Waals surface area (Å²) in [5.41, 5.74) is -0.695. The Labute approximate surface area is 140 Å². The van der Waals surface area contributed by atoms with Crippen LogP contribution in [0, 0.1) is 5.41 Å². The van der Waals surface area contributed by atoms with E-state index >= 15 is 0 Å². The summed E-state index contributed by atoms with van der Waals surface area (Å²) >= 11 is 0. The lowest BCUT2D eigenvalue weighted by atomic mass is 9.90. The van der Waals surface area contributed by atoms with Crippen molar-refractivity contribution in [2.75, 3.05) is 0 Å². The Morgan fingerprint density at radius 2 is 1.96 bits per heavy atom. The van der Waals surface area contributed by atoms with Crippen LogP contribution in [0.3, 0.4) is 0 Å². The van der Waals surface area contributed by atoms with Crippen molar-refractivity contribution in [2.45, 2.75) is 76.3 Å². The van der Waals surface area contributed by atoms with Crippen LogP contribution in [0.1, 0.15) is 40.5 Å². The molecule has 3 fully saturated rings. The highest BCUT2D eigenvalue weighted by atomic mass is 32.2. The molecule has 0 aromatic heterocycles. The number of carbonyl (C=O) groups excluding carboxylic acids is 2. The van der Waals surface area contributed by atoms with Crippen molar-refractivity contribution >= 4 is 22.1 Å². The second kappa shape index (κ2) is 5.67. The first-order valence-corrected chi connectivity index (χ1v) is 9.53. The molecule has 0 aliphatic carbocycles. The van der Waals surface area contributed by atoms with Gasteiger partial charge in [-0.05, 0) is 33.6 Å². The summed E-state index contributed by atoms with van der Waals surface area (Å²) in [6, 6.07) is 0. The largest absolute Gasteiger partial charge is 0.454 e. The second-order valence-electron chi connectivity index (χ2n) is 7.15. The molecule has 2 bridgehead atoms. The monoisotopic (exact) mass is 362 g/mol. The Morgan fingerprint density at radius 1 is 1.29 bits per heavy atom. The molecule has 0 aromatic carbocycles. The van der Waals surface area contributed by atoms with Crippen molar-refractivity contribution in [1.82, 2.24) is 0 Å². The SMILES string of the molecule is CCC(C)(C)C(=O)OC(C)C(=O)OC1C2CC3C(O2)C1OS3(=O)=O. The van der Waals surface area contributed by atoms with E-state index in [0.717, 1.165) is 0 Å². The fourth-order valence-corrected chi connectivity index (χ4v) is 4.75. The summed E-state index contributed by atoms with van der Waals surface area (Å²) in [5.74, 6) is -1.22. The van der Waals surface area contributed by atoms with Gasteiger partial charge >= 0.3 is 11.9 Å². The van der Waals surface area contributed by atoms with Gasteiger partial charge in [0.1, 0.15) is 17.5 Å². The molecule has 0 amide bonds. The first-order valence-electron chi connectivity index (χ1n) is 8.06. The third-order valence-corrected chi connectivity index (χ3v) is 6.79. The van der Waals surface area contributed by atoms with Gasteiger partial charge in [-0.15, -0.1) is 0 Å². The van der Waals surface area contributed by atoms with Crippen LogP contribution in [0.4, 0.5) is 0 Å². The van der Waals surface area contributed by atoms with Crippen molar-refractivity contribution in [3.63, 3.8) is 0 Å². The molecule has 3 heterocycles. The van der Waals surface area contributed by atoms with Crippen LogP contribution >= 0.6 is 0 Å². The number of hydrogen-bond acceptors (Lipinski definition) is 8. The third-order valence-electron chi connectivity index (χ3n) is 5.10. The van der Waals surface area contributed by atoms with Gasteiger partial charge in [0, 0.05) is 0 Å². The van der Waals surface area contributed by atoms with E-state index in [-0.39, 0.29) is 6.42 Å². The van der Waals surface area contributed by atoms with Crippen LogP contribution in [0.25, 0.3) is 0 Å². The molecule has 0 spiro atoms. The van der Waals surface area contributed by atoms with E-state index in [2.05, 4.69) is 0 Å². The van der Waals surface area contributed by atoms with Crippen molar-refractivity contribution in [3.05, 3.63) is 0 Å². The van der Waals surface area contributed by atoms with Gasteiger partial charge in [0.25, 0.3) is 10.1 Å². The van der Waals surface area contributed by atoms with E-state index in [4.69, 9.17) is 18.4 Å². The number of fused-ring (bicyclic) bond motifs is 1. The standard InChI is InChI=1S/C15H22O8S/c1-5-15(3,4)14(17)20-7(2)13(16)22-10-8-6-9-11(21-8)12(10)23-24(9,18)19/h7-12H,5-6H2,1-4H3. The van der Waals surface area contributed by atoms with Crippen LogP contribution in [0.5, 0.6) is 0 Å². The van der Waals surface area contributed by atoms with Gasteiger partial charge < -0.3 is 14.2 Å². The van der Waals surface area contributed by atoms with Crippen molar-refractivity contribution in [2.24, 2.45) is 5.41 Å².